The lowest BCUT2D eigenvalue weighted by Gasteiger charge is -2.15. The SMILES string of the molecule is CC(PC(=O)COc1ccc(C2CC2)c(C(F)(F)F)c1)c1ccc(OCC(F)(F)F)cn1. The number of halogens is 6. The number of pyridine rings is 1. The van der Waals surface area contributed by atoms with Crippen molar-refractivity contribution in [1.82, 2.24) is 4.98 Å². The van der Waals surface area contributed by atoms with Gasteiger partial charge in [0.05, 0.1) is 11.8 Å². The first-order valence-corrected chi connectivity index (χ1v) is 10.8. The van der Waals surface area contributed by atoms with Crippen LogP contribution in [0.15, 0.2) is 36.5 Å². The number of carbonyl (C=O) groups is 1. The fourth-order valence-corrected chi connectivity index (χ4v) is 3.98. The Morgan fingerprint density at radius 1 is 1.09 bits per heavy atom. The second-order valence-corrected chi connectivity index (χ2v) is 9.13. The minimum absolute atomic E-state index is 0.0307. The zero-order chi connectivity index (χ0) is 23.5. The Morgan fingerprint density at radius 2 is 1.78 bits per heavy atom. The third kappa shape index (κ3) is 7.08. The van der Waals surface area contributed by atoms with Gasteiger partial charge >= 0.3 is 12.4 Å². The van der Waals surface area contributed by atoms with Crippen LogP contribution in [0.1, 0.15) is 48.2 Å². The highest BCUT2D eigenvalue weighted by atomic mass is 31.1. The van der Waals surface area contributed by atoms with Gasteiger partial charge in [0.2, 0.25) is 0 Å². The van der Waals surface area contributed by atoms with E-state index in [9.17, 15) is 31.1 Å². The smallest absolute Gasteiger partial charge is 0.422 e. The number of benzene rings is 1. The minimum atomic E-state index is -4.50. The highest BCUT2D eigenvalue weighted by Gasteiger charge is 2.38. The Bertz CT molecular complexity index is 942. The van der Waals surface area contributed by atoms with Crippen LogP contribution in [0.4, 0.5) is 26.3 Å². The molecule has 0 spiro atoms. The van der Waals surface area contributed by atoms with Gasteiger partial charge in [0, 0.05) is 11.4 Å². The lowest BCUT2D eigenvalue weighted by Crippen LogP contribution is -2.19. The summed E-state index contributed by atoms with van der Waals surface area (Å²) in [7, 11) is -0.282. The molecule has 0 aliphatic heterocycles. The molecule has 0 bridgehead atoms. The maximum absolute atomic E-state index is 13.3. The zero-order valence-electron chi connectivity index (χ0n) is 16.9. The van der Waals surface area contributed by atoms with Crippen LogP contribution in [0.5, 0.6) is 11.5 Å². The fraction of sp³-hybridized carbons (Fsp3) is 0.429. The van der Waals surface area contributed by atoms with Gasteiger partial charge in [0.25, 0.3) is 0 Å². The van der Waals surface area contributed by atoms with Crippen molar-refractivity contribution in [2.24, 2.45) is 0 Å². The molecule has 2 atom stereocenters. The van der Waals surface area contributed by atoms with Crippen molar-refractivity contribution in [1.29, 1.82) is 0 Å². The van der Waals surface area contributed by atoms with E-state index in [2.05, 4.69) is 9.72 Å². The van der Waals surface area contributed by atoms with E-state index in [0.717, 1.165) is 25.1 Å². The van der Waals surface area contributed by atoms with Crippen LogP contribution in [-0.2, 0) is 11.0 Å². The summed E-state index contributed by atoms with van der Waals surface area (Å²) in [4.78, 5) is 16.3. The number of rotatable bonds is 9. The molecule has 1 fully saturated rings. The first-order chi connectivity index (χ1) is 14.9. The van der Waals surface area contributed by atoms with Gasteiger partial charge in [-0.2, -0.15) is 26.3 Å². The van der Waals surface area contributed by atoms with E-state index in [1.54, 1.807) is 6.92 Å². The molecule has 32 heavy (non-hydrogen) atoms. The number of hydrogen-bond acceptors (Lipinski definition) is 4. The molecule has 3 rings (SSSR count). The summed E-state index contributed by atoms with van der Waals surface area (Å²) in [5.74, 6) is -0.161. The van der Waals surface area contributed by atoms with Crippen molar-refractivity contribution in [2.75, 3.05) is 13.2 Å². The monoisotopic (exact) mass is 479 g/mol. The molecule has 174 valence electrons. The Balaban J connectivity index is 1.53. The molecule has 2 aromatic rings. The summed E-state index contributed by atoms with van der Waals surface area (Å²) in [5, 5.41) is 0. The summed E-state index contributed by atoms with van der Waals surface area (Å²) in [5.41, 5.74) is -0.676. The zero-order valence-corrected chi connectivity index (χ0v) is 17.9. The maximum Gasteiger partial charge on any atom is 0.422 e. The lowest BCUT2D eigenvalue weighted by atomic mass is 10.0. The number of ether oxygens (including phenoxy) is 2. The fourth-order valence-electron chi connectivity index (χ4n) is 3.03. The topological polar surface area (TPSA) is 48.4 Å². The maximum atomic E-state index is 13.3. The average Bonchev–Trinajstić information content (AvgIpc) is 3.55. The number of alkyl halides is 6. The largest absolute Gasteiger partial charge is 0.485 e. The molecule has 1 saturated carbocycles. The first-order valence-electron chi connectivity index (χ1n) is 9.71. The molecular weight excluding hydrogens is 459 g/mol. The second-order valence-electron chi connectivity index (χ2n) is 7.42. The van der Waals surface area contributed by atoms with Gasteiger partial charge in [-0.25, -0.2) is 0 Å². The summed E-state index contributed by atoms with van der Waals surface area (Å²) < 4.78 is 86.4. The molecule has 1 aliphatic carbocycles. The Morgan fingerprint density at radius 3 is 2.34 bits per heavy atom. The molecule has 1 aromatic heterocycles. The molecule has 2 unspecified atom stereocenters. The number of hydrogen-bond donors (Lipinski definition) is 0. The van der Waals surface area contributed by atoms with Crippen molar-refractivity contribution in [3.05, 3.63) is 53.3 Å². The van der Waals surface area contributed by atoms with Gasteiger partial charge in [-0.15, -0.1) is 0 Å². The van der Waals surface area contributed by atoms with Gasteiger partial charge in [-0.1, -0.05) is 13.0 Å². The van der Waals surface area contributed by atoms with Crippen molar-refractivity contribution in [3.63, 3.8) is 0 Å². The van der Waals surface area contributed by atoms with Crippen molar-refractivity contribution in [3.8, 4) is 11.5 Å². The Hall–Kier alpha value is -2.35. The van der Waals surface area contributed by atoms with E-state index < -0.39 is 31.1 Å². The predicted octanol–water partition coefficient (Wildman–Crippen LogP) is 6.26. The van der Waals surface area contributed by atoms with E-state index in [1.165, 1.54) is 24.3 Å². The molecule has 4 nitrogen and oxygen atoms in total. The molecule has 11 heteroatoms. The van der Waals surface area contributed by atoms with Gasteiger partial charge in [-0.3, -0.25) is 9.78 Å². The van der Waals surface area contributed by atoms with E-state index in [4.69, 9.17) is 4.74 Å². The van der Waals surface area contributed by atoms with Gasteiger partial charge in [0.1, 0.15) is 11.5 Å². The highest BCUT2D eigenvalue weighted by molar-refractivity contribution is 7.58. The number of carbonyl (C=O) groups excluding carboxylic acids is 1. The van der Waals surface area contributed by atoms with Gasteiger partial charge in [-0.05, 0) is 57.2 Å². The number of nitrogens with zero attached hydrogens (tertiary/aromatic N) is 1. The average molecular weight is 479 g/mol. The van der Waals surface area contributed by atoms with Crippen LogP contribution in [-0.4, -0.2) is 29.9 Å². The lowest BCUT2D eigenvalue weighted by molar-refractivity contribution is -0.153. The Kier molecular flexibility index (Phi) is 7.32. The Labute approximate surface area is 182 Å². The van der Waals surface area contributed by atoms with Crippen LogP contribution < -0.4 is 9.47 Å². The quantitative estimate of drug-likeness (QED) is 0.315. The highest BCUT2D eigenvalue weighted by Crippen LogP contribution is 2.46. The summed E-state index contributed by atoms with van der Waals surface area (Å²) in [6.45, 7) is -0.115. The van der Waals surface area contributed by atoms with Gasteiger partial charge in [0.15, 0.2) is 18.7 Å². The second kappa shape index (κ2) is 9.65. The molecule has 1 heterocycles. The van der Waals surface area contributed by atoms with E-state index >= 15 is 0 Å². The van der Waals surface area contributed by atoms with Gasteiger partial charge < -0.3 is 9.47 Å². The molecule has 0 N–H and O–H groups in total. The van der Waals surface area contributed by atoms with Crippen molar-refractivity contribution in [2.45, 2.75) is 43.7 Å². The summed E-state index contributed by atoms with van der Waals surface area (Å²) in [6, 6.07) is 6.55. The van der Waals surface area contributed by atoms with Crippen LogP contribution in [0.25, 0.3) is 0 Å². The minimum Gasteiger partial charge on any atom is -0.485 e. The standard InChI is InChI=1S/C21H20F6NO3P/c1-12(18-7-5-15(9-28-18)31-11-20(22,23)24)32-19(29)10-30-14-4-6-16(13-2-3-13)17(8-14)21(25,26)27/h4-9,12-13,32H,2-3,10-11H2,1H3. The van der Waals surface area contributed by atoms with Crippen LogP contribution >= 0.6 is 8.58 Å². The predicted molar refractivity (Wildman–Crippen MR) is 106 cm³/mol. The van der Waals surface area contributed by atoms with Crippen molar-refractivity contribution < 1.29 is 40.6 Å². The third-order valence-electron chi connectivity index (χ3n) is 4.70. The first kappa shape index (κ1) is 24.3. The van der Waals surface area contributed by atoms with Crippen LogP contribution in [0.2, 0.25) is 0 Å². The molecular formula is C21H20F6NO3P. The van der Waals surface area contributed by atoms with E-state index in [1.807, 2.05) is 0 Å². The van der Waals surface area contributed by atoms with E-state index in [-0.39, 0.29) is 42.7 Å². The van der Waals surface area contributed by atoms with Crippen molar-refractivity contribution >= 4 is 14.1 Å². The molecule has 0 radical (unpaired) electrons. The molecule has 1 aliphatic rings. The van der Waals surface area contributed by atoms with Crippen LogP contribution in [0.3, 0.4) is 0 Å². The molecule has 0 amide bonds. The summed E-state index contributed by atoms with van der Waals surface area (Å²) in [6.07, 6.45) is -6.37. The molecule has 1 aromatic carbocycles. The molecule has 0 saturated heterocycles. The summed E-state index contributed by atoms with van der Waals surface area (Å²) >= 11 is 0. The third-order valence-corrected chi connectivity index (χ3v) is 5.90. The normalized spacial score (nSPS) is 15.7. The number of aromatic nitrogens is 1. The van der Waals surface area contributed by atoms with E-state index in [0.29, 0.717) is 5.69 Å². The van der Waals surface area contributed by atoms with Crippen LogP contribution in [0, 0.1) is 0 Å².